The van der Waals surface area contributed by atoms with E-state index in [1.165, 1.54) is 0 Å². The van der Waals surface area contributed by atoms with Crippen LogP contribution in [-0.4, -0.2) is 11.4 Å². The van der Waals surface area contributed by atoms with Crippen molar-refractivity contribution in [2.45, 2.75) is 6.54 Å². The molecule has 2 heterocycles. The van der Waals surface area contributed by atoms with E-state index >= 15 is 0 Å². The minimum Gasteiger partial charge on any atom is -0.369 e. The van der Waals surface area contributed by atoms with E-state index in [4.69, 9.17) is 11.6 Å². The van der Waals surface area contributed by atoms with E-state index in [1.54, 1.807) is 0 Å². The van der Waals surface area contributed by atoms with E-state index < -0.39 is 0 Å². The summed E-state index contributed by atoms with van der Waals surface area (Å²) in [7, 11) is 2.03. The van der Waals surface area contributed by atoms with Gasteiger partial charge in [-0.15, -0.1) is 0 Å². The minimum atomic E-state index is 0.704. The van der Waals surface area contributed by atoms with Crippen LogP contribution in [0.1, 0.15) is 11.3 Å². The highest BCUT2D eigenvalue weighted by atomic mass is 35.5. The van der Waals surface area contributed by atoms with Crippen LogP contribution < -0.4 is 4.90 Å². The van der Waals surface area contributed by atoms with E-state index in [0.717, 1.165) is 21.9 Å². The van der Waals surface area contributed by atoms with Gasteiger partial charge in [-0.1, -0.05) is 17.7 Å². The summed E-state index contributed by atoms with van der Waals surface area (Å²) in [6.45, 7) is 0.717. The fourth-order valence-electron chi connectivity index (χ4n) is 2.46. The van der Waals surface area contributed by atoms with Crippen LogP contribution in [0.3, 0.4) is 0 Å². The van der Waals surface area contributed by atoms with E-state index in [9.17, 15) is 5.26 Å². The normalized spacial score (nSPS) is 10.5. The van der Waals surface area contributed by atoms with Gasteiger partial charge in [0, 0.05) is 29.6 Å². The summed E-state index contributed by atoms with van der Waals surface area (Å²) in [6.07, 6.45) is 1.99. The molecule has 0 aliphatic carbocycles. The fraction of sp³-hybridized carbons (Fsp3) is 0.118. The first-order valence-corrected chi connectivity index (χ1v) is 7.02. The van der Waals surface area contributed by atoms with Gasteiger partial charge in [0.05, 0.1) is 17.6 Å². The average Bonchev–Trinajstić information content (AvgIpc) is 2.86. The number of nitrogens with zero attached hydrogens (tertiary/aromatic N) is 3. The van der Waals surface area contributed by atoms with Crippen molar-refractivity contribution in [3.63, 3.8) is 0 Å². The first kappa shape index (κ1) is 13.5. The van der Waals surface area contributed by atoms with Crippen LogP contribution in [0.5, 0.6) is 0 Å². The molecule has 2 aromatic heterocycles. The molecule has 0 aliphatic rings. The molecule has 0 atom stereocenters. The largest absolute Gasteiger partial charge is 0.369 e. The number of aromatic nitrogens is 1. The smallest absolute Gasteiger partial charge is 0.101 e. The molecule has 3 aromatic rings. The Morgan fingerprint density at radius 2 is 1.95 bits per heavy atom. The van der Waals surface area contributed by atoms with Gasteiger partial charge in [0.1, 0.15) is 6.07 Å². The molecule has 1 aromatic carbocycles. The third-order valence-electron chi connectivity index (χ3n) is 3.54. The number of fused-ring (bicyclic) bond motifs is 1. The number of benzene rings is 1. The molecule has 0 bridgehead atoms. The highest BCUT2D eigenvalue weighted by molar-refractivity contribution is 6.30. The Bertz CT molecular complexity index is 812. The molecule has 0 amide bonds. The number of hydrogen-bond acceptors (Lipinski definition) is 2. The van der Waals surface area contributed by atoms with Crippen molar-refractivity contribution in [2.24, 2.45) is 0 Å². The highest BCUT2D eigenvalue weighted by Gasteiger charge is 2.10. The van der Waals surface area contributed by atoms with Gasteiger partial charge in [-0.25, -0.2) is 0 Å². The summed E-state index contributed by atoms with van der Waals surface area (Å²) in [5.41, 5.74) is 3.82. The fourth-order valence-corrected chi connectivity index (χ4v) is 2.59. The Morgan fingerprint density at radius 1 is 1.19 bits per heavy atom. The van der Waals surface area contributed by atoms with Crippen LogP contribution >= 0.6 is 11.6 Å². The minimum absolute atomic E-state index is 0.704. The second kappa shape index (κ2) is 5.51. The molecule has 3 rings (SSSR count). The zero-order chi connectivity index (χ0) is 14.8. The first-order chi connectivity index (χ1) is 10.2. The Hall–Kier alpha value is -2.44. The highest BCUT2D eigenvalue weighted by Crippen LogP contribution is 2.21. The summed E-state index contributed by atoms with van der Waals surface area (Å²) in [5.74, 6) is 0. The topological polar surface area (TPSA) is 31.4 Å². The van der Waals surface area contributed by atoms with Gasteiger partial charge >= 0.3 is 0 Å². The molecule has 0 fully saturated rings. The standard InChI is InChI=1S/C17H14ClN3/c1-20(15-7-5-14(18)6-8-15)12-16-10-13(11-19)17-4-2-3-9-21(16)17/h2-10H,12H2,1H3. The van der Waals surface area contributed by atoms with Crippen LogP contribution in [0.2, 0.25) is 5.02 Å². The van der Waals surface area contributed by atoms with Crippen LogP contribution in [0, 0.1) is 11.3 Å². The summed E-state index contributed by atoms with van der Waals surface area (Å²) < 4.78 is 2.06. The summed E-state index contributed by atoms with van der Waals surface area (Å²) in [6, 6.07) is 17.8. The molecule has 4 heteroatoms. The summed E-state index contributed by atoms with van der Waals surface area (Å²) in [4.78, 5) is 2.13. The maximum absolute atomic E-state index is 9.24. The van der Waals surface area contributed by atoms with E-state index in [0.29, 0.717) is 12.1 Å². The van der Waals surface area contributed by atoms with Crippen molar-refractivity contribution in [3.8, 4) is 6.07 Å². The first-order valence-electron chi connectivity index (χ1n) is 6.65. The van der Waals surface area contributed by atoms with Crippen molar-refractivity contribution in [1.29, 1.82) is 5.26 Å². The van der Waals surface area contributed by atoms with Crippen LogP contribution in [0.4, 0.5) is 5.69 Å². The maximum Gasteiger partial charge on any atom is 0.101 e. The van der Waals surface area contributed by atoms with Crippen molar-refractivity contribution < 1.29 is 0 Å². The van der Waals surface area contributed by atoms with Gasteiger partial charge in [0.25, 0.3) is 0 Å². The molecule has 0 radical (unpaired) electrons. The van der Waals surface area contributed by atoms with E-state index in [1.807, 2.05) is 61.8 Å². The molecular weight excluding hydrogens is 282 g/mol. The molecule has 0 spiro atoms. The monoisotopic (exact) mass is 295 g/mol. The Balaban J connectivity index is 1.95. The lowest BCUT2D eigenvalue weighted by atomic mass is 10.2. The third-order valence-corrected chi connectivity index (χ3v) is 3.80. The molecular formula is C17H14ClN3. The lowest BCUT2D eigenvalue weighted by Crippen LogP contribution is -2.17. The van der Waals surface area contributed by atoms with Gasteiger partial charge in [-0.05, 0) is 42.5 Å². The van der Waals surface area contributed by atoms with Crippen LogP contribution in [0.15, 0.2) is 54.7 Å². The SMILES string of the molecule is CN(Cc1cc(C#N)c2ccccn12)c1ccc(Cl)cc1. The number of rotatable bonds is 3. The molecule has 0 unspecified atom stereocenters. The number of hydrogen-bond donors (Lipinski definition) is 0. The molecule has 21 heavy (non-hydrogen) atoms. The molecule has 104 valence electrons. The van der Waals surface area contributed by atoms with Crippen LogP contribution in [-0.2, 0) is 6.54 Å². The van der Waals surface area contributed by atoms with Gasteiger partial charge in [-0.3, -0.25) is 0 Å². The van der Waals surface area contributed by atoms with Crippen LogP contribution in [0.25, 0.3) is 5.52 Å². The van der Waals surface area contributed by atoms with Gasteiger partial charge in [0.2, 0.25) is 0 Å². The van der Waals surface area contributed by atoms with Gasteiger partial charge < -0.3 is 9.30 Å². The third kappa shape index (κ3) is 2.58. The van der Waals surface area contributed by atoms with E-state index in [-0.39, 0.29) is 0 Å². The van der Waals surface area contributed by atoms with E-state index in [2.05, 4.69) is 15.4 Å². The van der Waals surface area contributed by atoms with Crippen molar-refractivity contribution in [1.82, 2.24) is 4.40 Å². The molecule has 0 saturated heterocycles. The lowest BCUT2D eigenvalue weighted by Gasteiger charge is -2.19. The summed E-state index contributed by atoms with van der Waals surface area (Å²) in [5, 5.41) is 9.97. The Morgan fingerprint density at radius 3 is 2.67 bits per heavy atom. The maximum atomic E-state index is 9.24. The number of nitriles is 1. The van der Waals surface area contributed by atoms with Gasteiger partial charge in [-0.2, -0.15) is 5.26 Å². The molecule has 0 saturated carbocycles. The van der Waals surface area contributed by atoms with Crippen molar-refractivity contribution in [3.05, 3.63) is 71.0 Å². The average molecular weight is 296 g/mol. The lowest BCUT2D eigenvalue weighted by molar-refractivity contribution is 0.871. The predicted octanol–water partition coefficient (Wildman–Crippen LogP) is 4.10. The van der Waals surface area contributed by atoms with Crippen molar-refractivity contribution >= 4 is 22.8 Å². The summed E-state index contributed by atoms with van der Waals surface area (Å²) >= 11 is 5.92. The number of pyridine rings is 1. The number of halogens is 1. The number of anilines is 1. The zero-order valence-corrected chi connectivity index (χ0v) is 12.4. The Labute approximate surface area is 128 Å². The molecule has 0 aliphatic heterocycles. The predicted molar refractivity (Wildman–Crippen MR) is 85.7 cm³/mol. The van der Waals surface area contributed by atoms with Gasteiger partial charge in [0.15, 0.2) is 0 Å². The quantitative estimate of drug-likeness (QED) is 0.728. The zero-order valence-electron chi connectivity index (χ0n) is 11.6. The Kier molecular flexibility index (Phi) is 3.55. The van der Waals surface area contributed by atoms with Crippen molar-refractivity contribution in [2.75, 3.05) is 11.9 Å². The second-order valence-electron chi connectivity index (χ2n) is 4.95. The molecule has 3 nitrogen and oxygen atoms in total. The second-order valence-corrected chi connectivity index (χ2v) is 5.39. The molecule has 0 N–H and O–H groups in total.